The normalized spacial score (nSPS) is 16.8. The third-order valence-electron chi connectivity index (χ3n) is 4.81. The fraction of sp³-hybridized carbons (Fsp3) is 0.611. The summed E-state index contributed by atoms with van der Waals surface area (Å²) in [6.07, 6.45) is 2.29. The number of aryl methyl sites for hydroxylation is 1. The molecule has 0 atom stereocenters. The molecule has 8 nitrogen and oxygen atoms in total. The molecule has 2 aromatic rings. The number of aliphatic carboxylic acids is 1. The van der Waals surface area contributed by atoms with Crippen LogP contribution in [0, 0.1) is 5.92 Å². The zero-order valence-electron chi connectivity index (χ0n) is 16.0. The number of aromatic nitrogens is 3. The van der Waals surface area contributed by atoms with E-state index in [9.17, 15) is 13.2 Å². The van der Waals surface area contributed by atoms with Crippen LogP contribution in [0.3, 0.4) is 0 Å². The Morgan fingerprint density at radius 1 is 1.41 bits per heavy atom. The van der Waals surface area contributed by atoms with E-state index in [1.807, 2.05) is 19.4 Å². The number of imidazole rings is 1. The van der Waals surface area contributed by atoms with E-state index < -0.39 is 12.1 Å². The van der Waals surface area contributed by atoms with Crippen molar-refractivity contribution < 1.29 is 32.3 Å². The van der Waals surface area contributed by atoms with Gasteiger partial charge in [0.1, 0.15) is 17.3 Å². The fourth-order valence-corrected chi connectivity index (χ4v) is 2.92. The van der Waals surface area contributed by atoms with Gasteiger partial charge in [-0.15, -0.1) is 0 Å². The molecule has 0 aromatic carbocycles. The molecule has 2 aliphatic rings. The van der Waals surface area contributed by atoms with Gasteiger partial charge in [-0.1, -0.05) is 5.16 Å². The number of halogens is 3. The summed E-state index contributed by atoms with van der Waals surface area (Å²) >= 11 is 0. The van der Waals surface area contributed by atoms with E-state index in [-0.39, 0.29) is 0 Å². The van der Waals surface area contributed by atoms with E-state index in [2.05, 4.69) is 19.6 Å². The van der Waals surface area contributed by atoms with Crippen LogP contribution < -0.4 is 0 Å². The maximum absolute atomic E-state index is 10.6. The molecule has 2 aromatic heterocycles. The van der Waals surface area contributed by atoms with Crippen LogP contribution in [-0.2, 0) is 42.7 Å². The minimum absolute atomic E-state index is 0.575. The number of alkyl halides is 3. The number of hydrogen-bond donors (Lipinski definition) is 1. The molecule has 0 saturated heterocycles. The second-order valence-corrected chi connectivity index (χ2v) is 7.21. The van der Waals surface area contributed by atoms with Crippen LogP contribution in [-0.4, -0.2) is 50.0 Å². The molecule has 0 spiro atoms. The Bertz CT molecular complexity index is 829. The number of carboxylic acid groups (broad SMARTS) is 1. The fourth-order valence-electron chi connectivity index (χ4n) is 2.92. The molecule has 29 heavy (non-hydrogen) atoms. The first-order chi connectivity index (χ1) is 13.7. The van der Waals surface area contributed by atoms with Gasteiger partial charge in [0.05, 0.1) is 13.2 Å². The van der Waals surface area contributed by atoms with Gasteiger partial charge >= 0.3 is 12.1 Å². The summed E-state index contributed by atoms with van der Waals surface area (Å²) < 4.78 is 45.1. The van der Waals surface area contributed by atoms with E-state index in [0.29, 0.717) is 6.61 Å². The van der Waals surface area contributed by atoms with Crippen LogP contribution in [0.1, 0.15) is 35.7 Å². The van der Waals surface area contributed by atoms with Crippen LogP contribution in [0.2, 0.25) is 0 Å². The number of fused-ring (bicyclic) bond motifs is 1. The van der Waals surface area contributed by atoms with Crippen molar-refractivity contribution in [2.75, 3.05) is 13.2 Å². The molecule has 1 N–H and O–H groups in total. The van der Waals surface area contributed by atoms with Crippen molar-refractivity contribution >= 4 is 5.97 Å². The summed E-state index contributed by atoms with van der Waals surface area (Å²) in [6, 6.07) is 0. The van der Waals surface area contributed by atoms with E-state index in [0.717, 1.165) is 55.9 Å². The highest BCUT2D eigenvalue weighted by Gasteiger charge is 2.38. The molecule has 3 heterocycles. The molecule has 1 saturated carbocycles. The van der Waals surface area contributed by atoms with Gasteiger partial charge in [0, 0.05) is 51.1 Å². The molecule has 0 amide bonds. The maximum atomic E-state index is 10.6. The summed E-state index contributed by atoms with van der Waals surface area (Å²) in [5, 5.41) is 11.3. The standard InChI is InChI=1S/C16H22N4O2.C2HF3O2/c1-19-7-5-17-16(19)9-20-6-4-15-13(8-20)14(18-22-15)11-21-10-12-2-3-12;3-2(4,5)1(6)7/h5,7,12H,2-4,6,8-11H2,1H3;(H,6,7). The topological polar surface area (TPSA) is 93.6 Å². The van der Waals surface area contributed by atoms with Crippen LogP contribution in [0.15, 0.2) is 16.9 Å². The van der Waals surface area contributed by atoms with Crippen molar-refractivity contribution in [3.63, 3.8) is 0 Å². The van der Waals surface area contributed by atoms with Crippen molar-refractivity contribution in [3.8, 4) is 0 Å². The lowest BCUT2D eigenvalue weighted by Gasteiger charge is -2.25. The van der Waals surface area contributed by atoms with Crippen LogP contribution >= 0.6 is 0 Å². The molecule has 4 rings (SSSR count). The first-order valence-electron chi connectivity index (χ1n) is 9.26. The summed E-state index contributed by atoms with van der Waals surface area (Å²) in [5.41, 5.74) is 2.19. The Kier molecular flexibility index (Phi) is 6.58. The molecule has 0 radical (unpaired) electrons. The minimum atomic E-state index is -5.08. The quantitative estimate of drug-likeness (QED) is 0.773. The van der Waals surface area contributed by atoms with Crippen molar-refractivity contribution in [1.82, 2.24) is 19.6 Å². The van der Waals surface area contributed by atoms with E-state index in [1.54, 1.807) is 0 Å². The Labute approximate surface area is 165 Å². The van der Waals surface area contributed by atoms with Crippen LogP contribution in [0.25, 0.3) is 0 Å². The molecular formula is C18H23F3N4O4. The average molecular weight is 416 g/mol. The second kappa shape index (κ2) is 8.95. The molecule has 0 bridgehead atoms. The Hall–Kier alpha value is -2.40. The summed E-state index contributed by atoms with van der Waals surface area (Å²) in [7, 11) is 2.04. The summed E-state index contributed by atoms with van der Waals surface area (Å²) in [6.45, 7) is 4.14. The highest BCUT2D eigenvalue weighted by molar-refractivity contribution is 5.73. The first-order valence-corrected chi connectivity index (χ1v) is 9.26. The van der Waals surface area contributed by atoms with E-state index in [4.69, 9.17) is 19.2 Å². The molecular weight excluding hydrogens is 393 g/mol. The Balaban J connectivity index is 0.000000298. The molecule has 11 heteroatoms. The molecule has 160 valence electrons. The second-order valence-electron chi connectivity index (χ2n) is 7.21. The molecule has 0 unspecified atom stereocenters. The summed E-state index contributed by atoms with van der Waals surface area (Å²) in [5.74, 6) is 0.141. The van der Waals surface area contributed by atoms with Crippen molar-refractivity contribution in [1.29, 1.82) is 0 Å². The van der Waals surface area contributed by atoms with Gasteiger partial charge in [-0.05, 0) is 18.8 Å². The Morgan fingerprint density at radius 2 is 2.14 bits per heavy atom. The number of rotatable bonds is 6. The predicted molar refractivity (Wildman–Crippen MR) is 93.6 cm³/mol. The van der Waals surface area contributed by atoms with E-state index >= 15 is 0 Å². The van der Waals surface area contributed by atoms with Gasteiger partial charge in [-0.3, -0.25) is 4.90 Å². The van der Waals surface area contributed by atoms with Gasteiger partial charge in [-0.2, -0.15) is 13.2 Å². The lowest BCUT2D eigenvalue weighted by Crippen LogP contribution is -2.31. The number of hydrogen-bond acceptors (Lipinski definition) is 6. The van der Waals surface area contributed by atoms with Gasteiger partial charge in [-0.25, -0.2) is 9.78 Å². The van der Waals surface area contributed by atoms with Gasteiger partial charge in [0.2, 0.25) is 0 Å². The van der Waals surface area contributed by atoms with Gasteiger partial charge < -0.3 is 18.9 Å². The minimum Gasteiger partial charge on any atom is -0.475 e. The molecule has 1 fully saturated rings. The number of nitrogens with zero attached hydrogens (tertiary/aromatic N) is 4. The van der Waals surface area contributed by atoms with Crippen LogP contribution in [0.4, 0.5) is 13.2 Å². The van der Waals surface area contributed by atoms with Gasteiger partial charge in [0.15, 0.2) is 0 Å². The highest BCUT2D eigenvalue weighted by atomic mass is 19.4. The van der Waals surface area contributed by atoms with E-state index in [1.165, 1.54) is 18.4 Å². The first kappa shape index (κ1) is 21.3. The lowest BCUT2D eigenvalue weighted by molar-refractivity contribution is -0.192. The Morgan fingerprint density at radius 3 is 2.72 bits per heavy atom. The average Bonchev–Trinajstić information content (AvgIpc) is 3.27. The van der Waals surface area contributed by atoms with Gasteiger partial charge in [0.25, 0.3) is 0 Å². The highest BCUT2D eigenvalue weighted by Crippen LogP contribution is 2.30. The third kappa shape index (κ3) is 6.04. The number of ether oxygens (including phenoxy) is 1. The number of carboxylic acids is 1. The zero-order valence-corrected chi connectivity index (χ0v) is 16.0. The maximum Gasteiger partial charge on any atom is 0.490 e. The zero-order chi connectivity index (χ0) is 21.0. The molecule has 1 aliphatic carbocycles. The third-order valence-corrected chi connectivity index (χ3v) is 4.81. The largest absolute Gasteiger partial charge is 0.490 e. The monoisotopic (exact) mass is 416 g/mol. The number of carbonyl (C=O) groups is 1. The SMILES string of the molecule is Cn1ccnc1CN1CCc2onc(COCC3CC3)c2C1.O=C(O)C(F)(F)F. The van der Waals surface area contributed by atoms with Crippen molar-refractivity contribution in [3.05, 3.63) is 35.2 Å². The summed E-state index contributed by atoms with van der Waals surface area (Å²) in [4.78, 5) is 15.7. The van der Waals surface area contributed by atoms with Crippen molar-refractivity contribution in [2.24, 2.45) is 13.0 Å². The van der Waals surface area contributed by atoms with Crippen LogP contribution in [0.5, 0.6) is 0 Å². The van der Waals surface area contributed by atoms with Crippen molar-refractivity contribution in [2.45, 2.75) is 45.1 Å². The smallest absolute Gasteiger partial charge is 0.475 e. The lowest BCUT2D eigenvalue weighted by atomic mass is 10.1. The molecule has 1 aliphatic heterocycles. The predicted octanol–water partition coefficient (Wildman–Crippen LogP) is 2.53.